The van der Waals surface area contributed by atoms with Crippen LogP contribution >= 0.6 is 0 Å². The molecule has 1 N–H and O–H groups in total. The van der Waals surface area contributed by atoms with Gasteiger partial charge in [0.1, 0.15) is 5.75 Å². The minimum Gasteiger partial charge on any atom is -0.508 e. The first-order valence-electron chi connectivity index (χ1n) is 5.38. The molecule has 0 bridgehead atoms. The summed E-state index contributed by atoms with van der Waals surface area (Å²) in [5.41, 5.74) is -0.684. The summed E-state index contributed by atoms with van der Waals surface area (Å²) in [5, 5.41) is 9.21. The molecule has 0 amide bonds. The van der Waals surface area contributed by atoms with Crippen LogP contribution in [0.4, 0.5) is 13.2 Å². The molecule has 1 aromatic carbocycles. The third kappa shape index (κ3) is 4.27. The van der Waals surface area contributed by atoms with Crippen molar-refractivity contribution in [2.45, 2.75) is 25.9 Å². The quantitative estimate of drug-likeness (QED) is 0.849. The number of halogens is 3. The van der Waals surface area contributed by atoms with Crippen molar-refractivity contribution in [1.29, 1.82) is 0 Å². The number of ether oxygens (including phenoxy) is 1. The highest BCUT2D eigenvalue weighted by molar-refractivity contribution is 5.69. The molecule has 0 saturated carbocycles. The molecular formula is C12H13F3O3. The van der Waals surface area contributed by atoms with Gasteiger partial charge in [-0.3, -0.25) is 4.79 Å². The van der Waals surface area contributed by atoms with Gasteiger partial charge in [0.05, 0.1) is 12.2 Å². The predicted molar refractivity (Wildman–Crippen MR) is 58.1 cm³/mol. The molecule has 0 spiro atoms. The molecule has 0 fully saturated rings. The molecule has 0 radical (unpaired) electrons. The van der Waals surface area contributed by atoms with Gasteiger partial charge in [-0.15, -0.1) is 0 Å². The van der Waals surface area contributed by atoms with Gasteiger partial charge in [-0.25, -0.2) is 0 Å². The maximum Gasteiger partial charge on any atom is 0.416 e. The summed E-state index contributed by atoms with van der Waals surface area (Å²) in [5.74, 6) is -0.946. The molecule has 0 aliphatic rings. The number of phenolic OH excluding ortho intramolecular Hbond substituents is 1. The molecule has 1 aromatic rings. The van der Waals surface area contributed by atoms with Crippen LogP contribution in [0, 0.1) is 0 Å². The van der Waals surface area contributed by atoms with Crippen LogP contribution in [-0.2, 0) is 22.1 Å². The number of benzene rings is 1. The van der Waals surface area contributed by atoms with Crippen molar-refractivity contribution in [3.05, 3.63) is 29.3 Å². The third-order valence-corrected chi connectivity index (χ3v) is 2.23. The zero-order valence-corrected chi connectivity index (χ0v) is 9.75. The highest BCUT2D eigenvalue weighted by Crippen LogP contribution is 2.32. The van der Waals surface area contributed by atoms with Crippen LogP contribution in [0.15, 0.2) is 18.2 Å². The molecule has 18 heavy (non-hydrogen) atoms. The minimum absolute atomic E-state index is 0.0193. The summed E-state index contributed by atoms with van der Waals surface area (Å²) in [6.07, 6.45) is -4.44. The Morgan fingerprint density at radius 1 is 1.33 bits per heavy atom. The SMILES string of the molecule is CCOC(=O)CCc1cc(O)cc(C(F)(F)F)c1. The Morgan fingerprint density at radius 2 is 2.00 bits per heavy atom. The Bertz CT molecular complexity index is 427. The van der Waals surface area contributed by atoms with Gasteiger partial charge in [0.2, 0.25) is 0 Å². The van der Waals surface area contributed by atoms with E-state index in [1.807, 2.05) is 0 Å². The normalized spacial score (nSPS) is 11.3. The Kier molecular flexibility index (Phi) is 4.58. The molecule has 6 heteroatoms. The van der Waals surface area contributed by atoms with Gasteiger partial charge in [0.25, 0.3) is 0 Å². The van der Waals surface area contributed by atoms with Crippen LogP contribution < -0.4 is 0 Å². The van der Waals surface area contributed by atoms with E-state index in [0.717, 1.165) is 6.07 Å². The summed E-state index contributed by atoms with van der Waals surface area (Å²) in [4.78, 5) is 11.1. The molecule has 0 unspecified atom stereocenters. The molecule has 100 valence electrons. The Balaban J connectivity index is 2.78. The van der Waals surface area contributed by atoms with E-state index >= 15 is 0 Å². The highest BCUT2D eigenvalue weighted by atomic mass is 19.4. The van der Waals surface area contributed by atoms with Crippen LogP contribution in [0.2, 0.25) is 0 Å². The number of carbonyl (C=O) groups is 1. The van der Waals surface area contributed by atoms with E-state index in [-0.39, 0.29) is 25.0 Å². The zero-order valence-electron chi connectivity index (χ0n) is 9.75. The van der Waals surface area contributed by atoms with E-state index in [2.05, 4.69) is 4.74 Å². The summed E-state index contributed by atoms with van der Waals surface area (Å²) in [6, 6.07) is 2.77. The predicted octanol–water partition coefficient (Wildman–Crippen LogP) is 2.91. The molecule has 3 nitrogen and oxygen atoms in total. The number of rotatable bonds is 4. The van der Waals surface area contributed by atoms with Gasteiger partial charge in [-0.05, 0) is 37.1 Å². The zero-order chi connectivity index (χ0) is 13.8. The molecule has 0 heterocycles. The van der Waals surface area contributed by atoms with Crippen molar-refractivity contribution in [3.63, 3.8) is 0 Å². The van der Waals surface area contributed by atoms with Crippen molar-refractivity contribution in [1.82, 2.24) is 0 Å². The van der Waals surface area contributed by atoms with Crippen molar-refractivity contribution in [2.24, 2.45) is 0 Å². The number of aromatic hydroxyl groups is 1. The van der Waals surface area contributed by atoms with Gasteiger partial charge in [-0.2, -0.15) is 13.2 Å². The Hall–Kier alpha value is -1.72. The van der Waals surface area contributed by atoms with Crippen LogP contribution in [0.25, 0.3) is 0 Å². The summed E-state index contributed by atoms with van der Waals surface area (Å²) < 4.78 is 42.1. The van der Waals surface area contributed by atoms with Crippen molar-refractivity contribution < 1.29 is 27.8 Å². The Labute approximate surface area is 102 Å². The fraction of sp³-hybridized carbons (Fsp3) is 0.417. The first kappa shape index (κ1) is 14.3. The average Bonchev–Trinajstić information content (AvgIpc) is 2.25. The van der Waals surface area contributed by atoms with Gasteiger partial charge in [0.15, 0.2) is 0 Å². The number of hydrogen-bond donors (Lipinski definition) is 1. The topological polar surface area (TPSA) is 46.5 Å². The van der Waals surface area contributed by atoms with Gasteiger partial charge in [0, 0.05) is 6.42 Å². The van der Waals surface area contributed by atoms with Crippen LogP contribution in [-0.4, -0.2) is 17.7 Å². The smallest absolute Gasteiger partial charge is 0.416 e. The molecule has 0 aliphatic carbocycles. The molecule has 0 aromatic heterocycles. The van der Waals surface area contributed by atoms with E-state index < -0.39 is 23.5 Å². The van der Waals surface area contributed by atoms with Gasteiger partial charge < -0.3 is 9.84 Å². The van der Waals surface area contributed by atoms with E-state index in [1.54, 1.807) is 6.92 Å². The number of aryl methyl sites for hydroxylation is 1. The molecule has 0 atom stereocenters. The fourth-order valence-corrected chi connectivity index (χ4v) is 1.46. The standard InChI is InChI=1S/C12H13F3O3/c1-2-18-11(17)4-3-8-5-9(12(13,14)15)7-10(16)6-8/h5-7,16H,2-4H2,1H3. The first-order valence-corrected chi connectivity index (χ1v) is 5.38. The Morgan fingerprint density at radius 3 is 2.56 bits per heavy atom. The molecular weight excluding hydrogens is 249 g/mol. The van der Waals surface area contributed by atoms with Crippen LogP contribution in [0.1, 0.15) is 24.5 Å². The first-order chi connectivity index (χ1) is 8.32. The van der Waals surface area contributed by atoms with E-state index in [4.69, 9.17) is 0 Å². The molecule has 0 aliphatic heterocycles. The third-order valence-electron chi connectivity index (χ3n) is 2.23. The highest BCUT2D eigenvalue weighted by Gasteiger charge is 2.31. The fourth-order valence-electron chi connectivity index (χ4n) is 1.46. The minimum atomic E-state index is -4.52. The maximum absolute atomic E-state index is 12.5. The van der Waals surface area contributed by atoms with Gasteiger partial charge >= 0.3 is 12.1 Å². The summed E-state index contributed by atoms with van der Waals surface area (Å²) in [6.45, 7) is 1.88. The number of carbonyl (C=O) groups excluding carboxylic acids is 1. The number of phenols is 1. The number of alkyl halides is 3. The largest absolute Gasteiger partial charge is 0.508 e. The number of hydrogen-bond acceptors (Lipinski definition) is 3. The monoisotopic (exact) mass is 262 g/mol. The lowest BCUT2D eigenvalue weighted by atomic mass is 10.1. The van der Waals surface area contributed by atoms with Crippen LogP contribution in [0.3, 0.4) is 0 Å². The lowest BCUT2D eigenvalue weighted by Crippen LogP contribution is -2.07. The molecule has 1 rings (SSSR count). The maximum atomic E-state index is 12.5. The lowest BCUT2D eigenvalue weighted by molar-refractivity contribution is -0.143. The second-order valence-corrected chi connectivity index (χ2v) is 3.69. The molecule has 0 saturated heterocycles. The van der Waals surface area contributed by atoms with Crippen molar-refractivity contribution in [2.75, 3.05) is 6.61 Å². The second kappa shape index (κ2) is 5.75. The van der Waals surface area contributed by atoms with E-state index in [9.17, 15) is 23.1 Å². The van der Waals surface area contributed by atoms with Crippen molar-refractivity contribution in [3.8, 4) is 5.75 Å². The average molecular weight is 262 g/mol. The summed E-state index contributed by atoms with van der Waals surface area (Å²) >= 11 is 0. The van der Waals surface area contributed by atoms with E-state index in [1.165, 1.54) is 6.07 Å². The lowest BCUT2D eigenvalue weighted by Gasteiger charge is -2.09. The van der Waals surface area contributed by atoms with Gasteiger partial charge in [-0.1, -0.05) is 0 Å². The number of esters is 1. The second-order valence-electron chi connectivity index (χ2n) is 3.69. The van der Waals surface area contributed by atoms with E-state index in [0.29, 0.717) is 6.07 Å². The van der Waals surface area contributed by atoms with Crippen LogP contribution in [0.5, 0.6) is 5.75 Å². The van der Waals surface area contributed by atoms with Crippen molar-refractivity contribution >= 4 is 5.97 Å². The summed E-state index contributed by atoms with van der Waals surface area (Å²) in [7, 11) is 0.